The predicted molar refractivity (Wildman–Crippen MR) is 69.3 cm³/mol. The van der Waals surface area contributed by atoms with Crippen molar-refractivity contribution in [1.82, 2.24) is 10.2 Å². The van der Waals surface area contributed by atoms with E-state index in [1.807, 2.05) is 0 Å². The number of likely N-dealkylation sites (N-methyl/N-ethyl adjacent to an activating group) is 1. The highest BCUT2D eigenvalue weighted by Crippen LogP contribution is 2.12. The first-order chi connectivity index (χ1) is 7.10. The molecule has 1 unspecified atom stereocenters. The third-order valence-corrected chi connectivity index (χ3v) is 2.79. The van der Waals surface area contributed by atoms with Crippen LogP contribution in [0, 0.1) is 5.92 Å². The maximum absolute atomic E-state index is 3.64. The van der Waals surface area contributed by atoms with Crippen LogP contribution in [0.1, 0.15) is 46.5 Å². The van der Waals surface area contributed by atoms with E-state index in [0.29, 0.717) is 6.04 Å². The lowest BCUT2D eigenvalue weighted by Crippen LogP contribution is -2.38. The second-order valence-corrected chi connectivity index (χ2v) is 5.01. The van der Waals surface area contributed by atoms with Gasteiger partial charge in [-0.15, -0.1) is 0 Å². The van der Waals surface area contributed by atoms with E-state index in [9.17, 15) is 0 Å². The van der Waals surface area contributed by atoms with Crippen LogP contribution in [-0.4, -0.2) is 38.1 Å². The minimum atomic E-state index is 0.608. The van der Waals surface area contributed by atoms with Crippen LogP contribution in [0.15, 0.2) is 0 Å². The molecule has 0 rings (SSSR count). The van der Waals surface area contributed by atoms with Crippen LogP contribution in [0.2, 0.25) is 0 Å². The van der Waals surface area contributed by atoms with Gasteiger partial charge < -0.3 is 10.2 Å². The Balaban J connectivity index is 3.67. The molecule has 0 amide bonds. The fraction of sp³-hybridized carbons (Fsp3) is 1.00. The van der Waals surface area contributed by atoms with Crippen LogP contribution in [0.25, 0.3) is 0 Å². The number of nitrogens with one attached hydrogen (secondary N) is 1. The van der Waals surface area contributed by atoms with Crippen molar-refractivity contribution in [3.63, 3.8) is 0 Å². The molecule has 0 heterocycles. The molecule has 0 spiro atoms. The highest BCUT2D eigenvalue weighted by molar-refractivity contribution is 4.68. The summed E-state index contributed by atoms with van der Waals surface area (Å²) in [7, 11) is 4.27. The standard InChI is InChI=1S/C13H30N2/c1-6-8-13(9-7-2)10-14-12(3)11-15(4)5/h12-14H,6-11H2,1-5H3. The van der Waals surface area contributed by atoms with Gasteiger partial charge in [-0.1, -0.05) is 26.7 Å². The first-order valence-corrected chi connectivity index (χ1v) is 6.48. The van der Waals surface area contributed by atoms with Crippen molar-refractivity contribution >= 4 is 0 Å². The number of hydrogen-bond acceptors (Lipinski definition) is 2. The van der Waals surface area contributed by atoms with Gasteiger partial charge in [0.1, 0.15) is 0 Å². The van der Waals surface area contributed by atoms with Crippen molar-refractivity contribution in [2.75, 3.05) is 27.2 Å². The lowest BCUT2D eigenvalue weighted by Gasteiger charge is -2.22. The fourth-order valence-electron chi connectivity index (χ4n) is 2.15. The van der Waals surface area contributed by atoms with Gasteiger partial charge in [0.05, 0.1) is 0 Å². The molecule has 0 bridgehead atoms. The van der Waals surface area contributed by atoms with Gasteiger partial charge in [0.15, 0.2) is 0 Å². The van der Waals surface area contributed by atoms with E-state index < -0.39 is 0 Å². The Morgan fingerprint density at radius 3 is 2.00 bits per heavy atom. The third-order valence-electron chi connectivity index (χ3n) is 2.79. The molecule has 0 aliphatic heterocycles. The van der Waals surface area contributed by atoms with Crippen molar-refractivity contribution < 1.29 is 0 Å². The van der Waals surface area contributed by atoms with Crippen LogP contribution in [0.5, 0.6) is 0 Å². The van der Waals surface area contributed by atoms with Gasteiger partial charge in [-0.3, -0.25) is 0 Å². The Kier molecular flexibility index (Phi) is 9.12. The summed E-state index contributed by atoms with van der Waals surface area (Å²) in [5, 5.41) is 3.64. The molecular weight excluding hydrogens is 184 g/mol. The SMILES string of the molecule is CCCC(CCC)CNC(C)CN(C)C. The van der Waals surface area contributed by atoms with Crippen LogP contribution in [-0.2, 0) is 0 Å². The van der Waals surface area contributed by atoms with E-state index in [0.717, 1.165) is 12.5 Å². The molecule has 0 saturated carbocycles. The third kappa shape index (κ3) is 8.88. The molecule has 0 aliphatic carbocycles. The zero-order chi connectivity index (χ0) is 11.7. The van der Waals surface area contributed by atoms with Gasteiger partial charge in [-0.05, 0) is 46.3 Å². The normalized spacial score (nSPS) is 13.8. The average molecular weight is 214 g/mol. The van der Waals surface area contributed by atoms with E-state index in [-0.39, 0.29) is 0 Å². The van der Waals surface area contributed by atoms with Gasteiger partial charge in [-0.2, -0.15) is 0 Å². The summed E-state index contributed by atoms with van der Waals surface area (Å²) in [5.74, 6) is 0.879. The second kappa shape index (κ2) is 9.17. The number of rotatable bonds is 9. The maximum Gasteiger partial charge on any atom is 0.0166 e. The van der Waals surface area contributed by atoms with Crippen molar-refractivity contribution in [3.8, 4) is 0 Å². The van der Waals surface area contributed by atoms with Crippen molar-refractivity contribution in [2.45, 2.75) is 52.5 Å². The summed E-state index contributed by atoms with van der Waals surface area (Å²) in [5.41, 5.74) is 0. The Hall–Kier alpha value is -0.0800. The Morgan fingerprint density at radius 1 is 1.07 bits per heavy atom. The summed E-state index contributed by atoms with van der Waals surface area (Å²) in [4.78, 5) is 2.24. The van der Waals surface area contributed by atoms with Crippen molar-refractivity contribution in [3.05, 3.63) is 0 Å². The molecule has 2 nitrogen and oxygen atoms in total. The Bertz CT molecular complexity index is 128. The first-order valence-electron chi connectivity index (χ1n) is 6.48. The lowest BCUT2D eigenvalue weighted by atomic mass is 9.98. The zero-order valence-corrected chi connectivity index (χ0v) is 11.3. The van der Waals surface area contributed by atoms with Crippen LogP contribution in [0.3, 0.4) is 0 Å². The lowest BCUT2D eigenvalue weighted by molar-refractivity contribution is 0.323. The molecule has 1 N–H and O–H groups in total. The highest BCUT2D eigenvalue weighted by Gasteiger charge is 2.09. The molecule has 15 heavy (non-hydrogen) atoms. The summed E-state index contributed by atoms with van der Waals surface area (Å²) in [6.45, 7) is 9.16. The quantitative estimate of drug-likeness (QED) is 0.635. The molecule has 0 saturated heterocycles. The topological polar surface area (TPSA) is 15.3 Å². The molecule has 0 fully saturated rings. The van der Waals surface area contributed by atoms with E-state index in [1.54, 1.807) is 0 Å². The molecule has 92 valence electrons. The van der Waals surface area contributed by atoms with Crippen molar-refractivity contribution in [1.29, 1.82) is 0 Å². The molecular formula is C13H30N2. The Morgan fingerprint density at radius 2 is 1.60 bits per heavy atom. The number of nitrogens with zero attached hydrogens (tertiary/aromatic N) is 1. The molecule has 1 atom stereocenters. The van der Waals surface area contributed by atoms with Gasteiger partial charge in [0.2, 0.25) is 0 Å². The van der Waals surface area contributed by atoms with Gasteiger partial charge in [0, 0.05) is 12.6 Å². The molecule has 0 aromatic rings. The fourth-order valence-corrected chi connectivity index (χ4v) is 2.15. The molecule has 0 aromatic carbocycles. The van der Waals surface area contributed by atoms with Crippen LogP contribution in [0.4, 0.5) is 0 Å². The minimum Gasteiger partial charge on any atom is -0.313 e. The van der Waals surface area contributed by atoms with Gasteiger partial charge in [-0.25, -0.2) is 0 Å². The molecule has 0 aliphatic rings. The molecule has 0 aromatic heterocycles. The summed E-state index contributed by atoms with van der Waals surface area (Å²) in [6.07, 6.45) is 5.37. The van der Waals surface area contributed by atoms with E-state index >= 15 is 0 Å². The summed E-state index contributed by atoms with van der Waals surface area (Å²) >= 11 is 0. The van der Waals surface area contributed by atoms with Gasteiger partial charge in [0.25, 0.3) is 0 Å². The highest BCUT2D eigenvalue weighted by atomic mass is 15.1. The largest absolute Gasteiger partial charge is 0.313 e. The Labute approximate surface area is 96.4 Å². The second-order valence-electron chi connectivity index (χ2n) is 5.01. The minimum absolute atomic E-state index is 0.608. The van der Waals surface area contributed by atoms with E-state index in [1.165, 1.54) is 32.2 Å². The maximum atomic E-state index is 3.64. The average Bonchev–Trinajstić information content (AvgIpc) is 2.14. The van der Waals surface area contributed by atoms with Crippen molar-refractivity contribution in [2.24, 2.45) is 5.92 Å². The molecule has 0 radical (unpaired) electrons. The monoisotopic (exact) mass is 214 g/mol. The van der Waals surface area contributed by atoms with Gasteiger partial charge >= 0.3 is 0 Å². The van der Waals surface area contributed by atoms with Crippen LogP contribution >= 0.6 is 0 Å². The van der Waals surface area contributed by atoms with E-state index in [4.69, 9.17) is 0 Å². The molecule has 2 heteroatoms. The number of hydrogen-bond donors (Lipinski definition) is 1. The summed E-state index contributed by atoms with van der Waals surface area (Å²) < 4.78 is 0. The summed E-state index contributed by atoms with van der Waals surface area (Å²) in [6, 6.07) is 0.608. The smallest absolute Gasteiger partial charge is 0.0166 e. The predicted octanol–water partition coefficient (Wildman–Crippen LogP) is 2.74. The van der Waals surface area contributed by atoms with E-state index in [2.05, 4.69) is 45.1 Å². The first kappa shape index (κ1) is 14.9. The van der Waals surface area contributed by atoms with Crippen LogP contribution < -0.4 is 5.32 Å². The zero-order valence-electron chi connectivity index (χ0n) is 11.3.